The van der Waals surface area contributed by atoms with Crippen LogP contribution >= 0.6 is 0 Å². The van der Waals surface area contributed by atoms with Crippen molar-refractivity contribution in [1.29, 1.82) is 0 Å². The largest absolute Gasteiger partial charge is 0.497 e. The van der Waals surface area contributed by atoms with Crippen LogP contribution in [0.25, 0.3) is 0 Å². The molecule has 108 valence electrons. The third-order valence-electron chi connectivity index (χ3n) is 3.01. The Hall–Kier alpha value is -2.62. The van der Waals surface area contributed by atoms with E-state index in [-0.39, 0.29) is 5.91 Å². The van der Waals surface area contributed by atoms with Crippen molar-refractivity contribution in [3.63, 3.8) is 0 Å². The normalized spacial score (nSPS) is 10.5. The van der Waals surface area contributed by atoms with Gasteiger partial charge in [-0.05, 0) is 42.7 Å². The number of methoxy groups -OCH3 is 1. The molecule has 2 rings (SSSR count). The molecular weight excluding hydrogens is 264 g/mol. The predicted octanol–water partition coefficient (Wildman–Crippen LogP) is 3.04. The molecule has 0 heterocycles. The fourth-order valence-corrected chi connectivity index (χ4v) is 1.85. The summed E-state index contributed by atoms with van der Waals surface area (Å²) < 4.78 is 5.04. The molecule has 0 saturated heterocycles. The van der Waals surface area contributed by atoms with Crippen LogP contribution in [0.2, 0.25) is 0 Å². The number of aryl methyl sites for hydroxylation is 1. The molecule has 1 N–H and O–H groups in total. The van der Waals surface area contributed by atoms with Gasteiger partial charge < -0.3 is 4.74 Å². The van der Waals surface area contributed by atoms with Gasteiger partial charge in [-0.3, -0.25) is 4.79 Å². The first-order valence-electron chi connectivity index (χ1n) is 6.79. The molecular formula is C17H18N2O2. The van der Waals surface area contributed by atoms with E-state index >= 15 is 0 Å². The maximum atomic E-state index is 11.8. The summed E-state index contributed by atoms with van der Waals surface area (Å²) in [7, 11) is 1.59. The minimum Gasteiger partial charge on any atom is -0.497 e. The van der Waals surface area contributed by atoms with Gasteiger partial charge in [0.2, 0.25) is 0 Å². The number of ether oxygens (including phenoxy) is 1. The topological polar surface area (TPSA) is 50.7 Å². The SMILES string of the molecule is COc1ccc(C(=O)NN=CCCc2ccccc2)cc1. The average molecular weight is 282 g/mol. The molecule has 1 amide bonds. The van der Waals surface area contributed by atoms with Crippen LogP contribution in [0.1, 0.15) is 22.3 Å². The lowest BCUT2D eigenvalue weighted by Gasteiger charge is -2.02. The first kappa shape index (κ1) is 14.8. The maximum absolute atomic E-state index is 11.8. The number of carbonyl (C=O) groups excluding carboxylic acids is 1. The van der Waals surface area contributed by atoms with Gasteiger partial charge in [0.1, 0.15) is 5.75 Å². The smallest absolute Gasteiger partial charge is 0.271 e. The van der Waals surface area contributed by atoms with Gasteiger partial charge in [-0.2, -0.15) is 5.10 Å². The lowest BCUT2D eigenvalue weighted by atomic mass is 10.1. The van der Waals surface area contributed by atoms with E-state index in [9.17, 15) is 4.79 Å². The standard InChI is InChI=1S/C17H18N2O2/c1-21-16-11-9-15(10-12-16)17(20)19-18-13-5-8-14-6-3-2-4-7-14/h2-4,6-7,9-13H,5,8H2,1H3,(H,19,20). The van der Waals surface area contributed by atoms with Crippen LogP contribution in [-0.4, -0.2) is 19.2 Å². The number of benzene rings is 2. The highest BCUT2D eigenvalue weighted by Crippen LogP contribution is 2.10. The zero-order valence-electron chi connectivity index (χ0n) is 12.0. The molecule has 0 aromatic heterocycles. The lowest BCUT2D eigenvalue weighted by molar-refractivity contribution is 0.0955. The average Bonchev–Trinajstić information content (AvgIpc) is 2.55. The highest BCUT2D eigenvalue weighted by atomic mass is 16.5. The first-order chi connectivity index (χ1) is 10.3. The van der Waals surface area contributed by atoms with Crippen molar-refractivity contribution in [3.8, 4) is 5.75 Å². The van der Waals surface area contributed by atoms with Crippen molar-refractivity contribution in [2.24, 2.45) is 5.10 Å². The summed E-state index contributed by atoms with van der Waals surface area (Å²) in [5, 5.41) is 3.95. The minimum atomic E-state index is -0.228. The van der Waals surface area contributed by atoms with E-state index in [1.165, 1.54) is 5.56 Å². The lowest BCUT2D eigenvalue weighted by Crippen LogP contribution is -2.17. The Bertz CT molecular complexity index is 592. The summed E-state index contributed by atoms with van der Waals surface area (Å²) in [5.74, 6) is 0.492. The van der Waals surface area contributed by atoms with Crippen LogP contribution in [0.3, 0.4) is 0 Å². The summed E-state index contributed by atoms with van der Waals surface area (Å²) in [5.41, 5.74) is 4.32. The Morgan fingerprint density at radius 3 is 2.52 bits per heavy atom. The van der Waals surface area contributed by atoms with E-state index < -0.39 is 0 Å². The van der Waals surface area contributed by atoms with E-state index in [2.05, 4.69) is 22.7 Å². The molecule has 0 aliphatic heterocycles. The molecule has 0 fully saturated rings. The van der Waals surface area contributed by atoms with Crippen molar-refractivity contribution >= 4 is 12.1 Å². The second-order valence-electron chi connectivity index (χ2n) is 4.51. The van der Waals surface area contributed by atoms with Gasteiger partial charge in [0.25, 0.3) is 5.91 Å². The third kappa shape index (κ3) is 4.76. The summed E-state index contributed by atoms with van der Waals surface area (Å²) in [6.45, 7) is 0. The first-order valence-corrected chi connectivity index (χ1v) is 6.79. The van der Waals surface area contributed by atoms with E-state index in [1.807, 2.05) is 18.2 Å². The molecule has 2 aromatic rings. The molecule has 2 aromatic carbocycles. The number of hydrogen-bond acceptors (Lipinski definition) is 3. The second-order valence-corrected chi connectivity index (χ2v) is 4.51. The minimum absolute atomic E-state index is 0.228. The van der Waals surface area contributed by atoms with Gasteiger partial charge in [0.15, 0.2) is 0 Å². The number of nitrogens with zero attached hydrogens (tertiary/aromatic N) is 1. The number of hydrogen-bond donors (Lipinski definition) is 1. The molecule has 0 spiro atoms. The van der Waals surface area contributed by atoms with Gasteiger partial charge in [-0.15, -0.1) is 0 Å². The highest BCUT2D eigenvalue weighted by molar-refractivity contribution is 5.94. The molecule has 21 heavy (non-hydrogen) atoms. The molecule has 4 nitrogen and oxygen atoms in total. The Balaban J connectivity index is 1.76. The Labute approximate surface area is 124 Å². The molecule has 0 saturated carbocycles. The molecule has 0 aliphatic carbocycles. The zero-order valence-corrected chi connectivity index (χ0v) is 12.0. The van der Waals surface area contributed by atoms with Crippen LogP contribution < -0.4 is 10.2 Å². The van der Waals surface area contributed by atoms with E-state index in [4.69, 9.17) is 4.74 Å². The van der Waals surface area contributed by atoms with Gasteiger partial charge in [0.05, 0.1) is 7.11 Å². The summed E-state index contributed by atoms with van der Waals surface area (Å²) in [6, 6.07) is 17.1. The van der Waals surface area contributed by atoms with Gasteiger partial charge >= 0.3 is 0 Å². The zero-order chi connectivity index (χ0) is 14.9. The highest BCUT2D eigenvalue weighted by Gasteiger charge is 2.03. The molecule has 0 unspecified atom stereocenters. The molecule has 0 atom stereocenters. The van der Waals surface area contributed by atoms with Crippen LogP contribution in [0.15, 0.2) is 59.7 Å². The van der Waals surface area contributed by atoms with E-state index in [1.54, 1.807) is 37.6 Å². The Kier molecular flexibility index (Phi) is 5.52. The van der Waals surface area contributed by atoms with Crippen LogP contribution in [0, 0.1) is 0 Å². The van der Waals surface area contributed by atoms with Gasteiger partial charge in [-0.1, -0.05) is 30.3 Å². The van der Waals surface area contributed by atoms with Gasteiger partial charge in [0, 0.05) is 11.8 Å². The number of hydrazone groups is 1. The van der Waals surface area contributed by atoms with Crippen molar-refractivity contribution < 1.29 is 9.53 Å². The second kappa shape index (κ2) is 7.85. The fourth-order valence-electron chi connectivity index (χ4n) is 1.85. The molecule has 0 aliphatic rings. The molecule has 0 bridgehead atoms. The Morgan fingerprint density at radius 2 is 1.86 bits per heavy atom. The predicted molar refractivity (Wildman–Crippen MR) is 83.7 cm³/mol. The van der Waals surface area contributed by atoms with Crippen molar-refractivity contribution in [2.75, 3.05) is 7.11 Å². The molecule has 4 heteroatoms. The number of nitrogens with one attached hydrogen (secondary N) is 1. The summed E-state index contributed by atoms with van der Waals surface area (Å²) in [4.78, 5) is 11.8. The quantitative estimate of drug-likeness (QED) is 0.654. The number of carbonyl (C=O) groups is 1. The third-order valence-corrected chi connectivity index (χ3v) is 3.01. The number of amides is 1. The summed E-state index contributed by atoms with van der Waals surface area (Å²) in [6.07, 6.45) is 3.41. The number of rotatable bonds is 6. The van der Waals surface area contributed by atoms with Crippen molar-refractivity contribution in [2.45, 2.75) is 12.8 Å². The fraction of sp³-hybridized carbons (Fsp3) is 0.176. The van der Waals surface area contributed by atoms with Gasteiger partial charge in [-0.25, -0.2) is 5.43 Å². The molecule has 0 radical (unpaired) electrons. The van der Waals surface area contributed by atoms with E-state index in [0.717, 1.165) is 18.6 Å². The van der Waals surface area contributed by atoms with Crippen LogP contribution in [-0.2, 0) is 6.42 Å². The van der Waals surface area contributed by atoms with E-state index in [0.29, 0.717) is 5.56 Å². The monoisotopic (exact) mass is 282 g/mol. The van der Waals surface area contributed by atoms with Crippen molar-refractivity contribution in [3.05, 3.63) is 65.7 Å². The van der Waals surface area contributed by atoms with Crippen molar-refractivity contribution in [1.82, 2.24) is 5.43 Å². The summed E-state index contributed by atoms with van der Waals surface area (Å²) >= 11 is 0. The maximum Gasteiger partial charge on any atom is 0.271 e. The Morgan fingerprint density at radius 1 is 1.14 bits per heavy atom. The van der Waals surface area contributed by atoms with Crippen LogP contribution in [0.5, 0.6) is 5.75 Å². The van der Waals surface area contributed by atoms with Crippen LogP contribution in [0.4, 0.5) is 0 Å².